The smallest absolute Gasteiger partial charge is 0.267 e. The van der Waals surface area contributed by atoms with E-state index in [4.69, 9.17) is 10.3 Å². The third kappa shape index (κ3) is 13.8. The van der Waals surface area contributed by atoms with Crippen molar-refractivity contribution in [2.75, 3.05) is 19.0 Å². The highest BCUT2D eigenvalue weighted by molar-refractivity contribution is 7.85. The second-order valence-electron chi connectivity index (χ2n) is 3.93. The van der Waals surface area contributed by atoms with Crippen molar-refractivity contribution in [1.82, 2.24) is 0 Å². The number of hydrogen-bond acceptors (Lipinski definition) is 3. The van der Waals surface area contributed by atoms with E-state index in [1.54, 1.807) is 6.08 Å². The van der Waals surface area contributed by atoms with Gasteiger partial charge in [0.1, 0.15) is 11.9 Å². The fourth-order valence-corrected chi connectivity index (χ4v) is 1.70. The molecule has 122 valence electrons. The monoisotopic (exact) mass is 323 g/mol. The zero-order valence-corrected chi connectivity index (χ0v) is 11.8. The van der Waals surface area contributed by atoms with Gasteiger partial charge < -0.3 is 5.73 Å². The fraction of sp³-hybridized carbons (Fsp3) is 0.818. The number of rotatable bonds is 9. The van der Waals surface area contributed by atoms with Crippen LogP contribution in [0.15, 0.2) is 12.7 Å². The highest BCUT2D eigenvalue weighted by atomic mass is 32.2. The van der Waals surface area contributed by atoms with Gasteiger partial charge in [-0.1, -0.05) is 6.08 Å². The Labute approximate surface area is 116 Å². The molecule has 20 heavy (non-hydrogen) atoms. The molecule has 9 heteroatoms. The maximum Gasteiger partial charge on any atom is 0.267 e. The average Bonchev–Trinajstić information content (AvgIpc) is 2.36. The summed E-state index contributed by atoms with van der Waals surface area (Å²) < 4.78 is 78.9. The average molecular weight is 323 g/mol. The van der Waals surface area contributed by atoms with E-state index < -0.39 is 41.1 Å². The molecule has 3 unspecified atom stereocenters. The van der Waals surface area contributed by atoms with Gasteiger partial charge in [-0.3, -0.25) is 8.94 Å². The molecule has 0 bridgehead atoms. The third-order valence-electron chi connectivity index (χ3n) is 2.09. The normalized spacial score (nSPS) is 15.7. The molecule has 0 saturated carbocycles. The van der Waals surface area contributed by atoms with Crippen LogP contribution in [0.1, 0.15) is 19.3 Å². The third-order valence-corrected chi connectivity index (χ3v) is 2.83. The number of halogens is 4. The zero-order valence-electron chi connectivity index (χ0n) is 11.0. The number of nitrogens with two attached hydrogens (primary N) is 1. The SMILES string of the molecule is C=CCN.O=S(=O)(O)CC(F)C(F)C(F)CCCCF. The molecule has 0 aromatic carbocycles. The summed E-state index contributed by atoms with van der Waals surface area (Å²) in [7, 11) is -4.67. The molecule has 0 saturated heterocycles. The lowest BCUT2D eigenvalue weighted by Gasteiger charge is -2.16. The van der Waals surface area contributed by atoms with Crippen LogP contribution in [0.5, 0.6) is 0 Å². The molecule has 0 fully saturated rings. The highest BCUT2D eigenvalue weighted by Crippen LogP contribution is 2.18. The van der Waals surface area contributed by atoms with E-state index in [2.05, 4.69) is 6.58 Å². The first-order chi connectivity index (χ1) is 9.19. The molecule has 3 atom stereocenters. The van der Waals surface area contributed by atoms with Crippen molar-refractivity contribution in [1.29, 1.82) is 0 Å². The molecule has 0 amide bonds. The van der Waals surface area contributed by atoms with Crippen LogP contribution < -0.4 is 5.73 Å². The Kier molecular flexibility index (Phi) is 13.1. The summed E-state index contributed by atoms with van der Waals surface area (Å²) in [5.74, 6) is -1.47. The lowest BCUT2D eigenvalue weighted by atomic mass is 10.1. The molecule has 0 aliphatic rings. The van der Waals surface area contributed by atoms with Crippen LogP contribution in [0.3, 0.4) is 0 Å². The molecule has 0 radical (unpaired) electrons. The summed E-state index contributed by atoms with van der Waals surface area (Å²) in [6, 6.07) is 0. The number of hydrogen-bond donors (Lipinski definition) is 2. The molecule has 0 aliphatic heterocycles. The summed E-state index contributed by atoms with van der Waals surface area (Å²) in [5.41, 5.74) is 4.91. The van der Waals surface area contributed by atoms with Gasteiger partial charge in [0.2, 0.25) is 0 Å². The Morgan fingerprint density at radius 2 is 1.70 bits per heavy atom. The van der Waals surface area contributed by atoms with Crippen molar-refractivity contribution in [2.45, 2.75) is 37.8 Å². The lowest BCUT2D eigenvalue weighted by Crippen LogP contribution is -2.33. The van der Waals surface area contributed by atoms with Gasteiger partial charge in [-0.15, -0.1) is 6.58 Å². The second-order valence-corrected chi connectivity index (χ2v) is 5.43. The minimum atomic E-state index is -4.67. The van der Waals surface area contributed by atoms with E-state index in [9.17, 15) is 26.0 Å². The summed E-state index contributed by atoms with van der Waals surface area (Å²) in [5, 5.41) is 0. The van der Waals surface area contributed by atoms with Gasteiger partial charge >= 0.3 is 0 Å². The molecule has 4 nitrogen and oxygen atoms in total. The molecule has 0 rings (SSSR count). The standard InChI is InChI=1S/C8H14F4O3S.C3H7N/c9-4-2-1-3-6(10)8(12)7(11)5-16(13,14)15;1-2-3-4/h6-8H,1-5H2,(H,13,14,15);2H,1,3-4H2. The minimum absolute atomic E-state index is 0.0440. The Morgan fingerprint density at radius 1 is 1.20 bits per heavy atom. The summed E-state index contributed by atoms with van der Waals surface area (Å²) in [4.78, 5) is 0. The summed E-state index contributed by atoms with van der Waals surface area (Å²) in [6.07, 6.45) is -6.06. The Bertz CT molecular complexity index is 341. The van der Waals surface area contributed by atoms with Crippen LogP contribution in [0.25, 0.3) is 0 Å². The molecular weight excluding hydrogens is 302 g/mol. The molecular formula is C11H21F4NO3S. The molecule has 0 heterocycles. The van der Waals surface area contributed by atoms with Crippen LogP contribution in [0.2, 0.25) is 0 Å². The Morgan fingerprint density at radius 3 is 2.05 bits per heavy atom. The van der Waals surface area contributed by atoms with E-state index >= 15 is 0 Å². The van der Waals surface area contributed by atoms with E-state index in [0.717, 1.165) is 0 Å². The Hall–Kier alpha value is -0.670. The van der Waals surface area contributed by atoms with Crippen molar-refractivity contribution in [3.63, 3.8) is 0 Å². The highest BCUT2D eigenvalue weighted by Gasteiger charge is 2.32. The molecule has 0 aromatic rings. The van der Waals surface area contributed by atoms with Crippen LogP contribution in [0, 0.1) is 0 Å². The first-order valence-electron chi connectivity index (χ1n) is 5.93. The van der Waals surface area contributed by atoms with Crippen LogP contribution in [0.4, 0.5) is 17.6 Å². The molecule has 0 spiro atoms. The molecule has 0 aliphatic carbocycles. The predicted molar refractivity (Wildman–Crippen MR) is 70.2 cm³/mol. The van der Waals surface area contributed by atoms with E-state index in [0.29, 0.717) is 6.54 Å². The van der Waals surface area contributed by atoms with E-state index in [-0.39, 0.29) is 19.3 Å². The maximum absolute atomic E-state index is 12.9. The van der Waals surface area contributed by atoms with Gasteiger partial charge in [0.25, 0.3) is 10.1 Å². The molecule has 0 aromatic heterocycles. The first kappa shape index (κ1) is 21.6. The topological polar surface area (TPSA) is 80.4 Å². The van der Waals surface area contributed by atoms with Gasteiger partial charge in [-0.2, -0.15) is 8.42 Å². The Balaban J connectivity index is 0. The van der Waals surface area contributed by atoms with Gasteiger partial charge in [0, 0.05) is 6.54 Å². The largest absolute Gasteiger partial charge is 0.327 e. The lowest BCUT2D eigenvalue weighted by molar-refractivity contribution is 0.0851. The van der Waals surface area contributed by atoms with Crippen molar-refractivity contribution in [2.24, 2.45) is 5.73 Å². The van der Waals surface area contributed by atoms with E-state index in [1.165, 1.54) is 0 Å². The molecule has 3 N–H and O–H groups in total. The van der Waals surface area contributed by atoms with Crippen molar-refractivity contribution in [3.05, 3.63) is 12.7 Å². The van der Waals surface area contributed by atoms with Crippen LogP contribution >= 0.6 is 0 Å². The van der Waals surface area contributed by atoms with E-state index in [1.807, 2.05) is 0 Å². The van der Waals surface area contributed by atoms with Crippen molar-refractivity contribution >= 4 is 10.1 Å². The maximum atomic E-state index is 12.9. The summed E-state index contributed by atoms with van der Waals surface area (Å²) in [6.45, 7) is 3.26. The predicted octanol–water partition coefficient (Wildman–Crippen LogP) is 2.16. The summed E-state index contributed by atoms with van der Waals surface area (Å²) >= 11 is 0. The van der Waals surface area contributed by atoms with Crippen LogP contribution in [-0.4, -0.2) is 50.5 Å². The van der Waals surface area contributed by atoms with Crippen molar-refractivity contribution < 1.29 is 30.5 Å². The van der Waals surface area contributed by atoms with Gasteiger partial charge in [0.15, 0.2) is 12.3 Å². The quantitative estimate of drug-likeness (QED) is 0.295. The van der Waals surface area contributed by atoms with Gasteiger partial charge in [-0.25, -0.2) is 13.2 Å². The van der Waals surface area contributed by atoms with Crippen molar-refractivity contribution in [3.8, 4) is 0 Å². The van der Waals surface area contributed by atoms with Crippen LogP contribution in [-0.2, 0) is 10.1 Å². The van der Waals surface area contributed by atoms with Gasteiger partial charge in [-0.05, 0) is 19.3 Å². The second kappa shape index (κ2) is 12.1. The fourth-order valence-electron chi connectivity index (χ4n) is 1.11. The number of unbranched alkanes of at least 4 members (excludes halogenated alkanes) is 1. The number of alkyl halides is 4. The zero-order chi connectivity index (χ0) is 16.2. The van der Waals surface area contributed by atoms with Gasteiger partial charge in [0.05, 0.1) is 6.67 Å². The first-order valence-corrected chi connectivity index (χ1v) is 7.54. The minimum Gasteiger partial charge on any atom is -0.327 e.